The van der Waals surface area contributed by atoms with Crippen molar-refractivity contribution in [2.75, 3.05) is 51.4 Å². The second-order valence-electron chi connectivity index (χ2n) is 16.1. The van der Waals surface area contributed by atoms with Gasteiger partial charge in [0, 0.05) is 345 Å². The first kappa shape index (κ1) is 191. The molecule has 21 nitrogen and oxygen atoms in total. The Morgan fingerprint density at radius 2 is 0.611 bits per heavy atom. The Kier molecular flexibility index (Phi) is 260. The number of carboxylic acids is 1. The van der Waals surface area contributed by atoms with E-state index >= 15 is 0 Å². The van der Waals surface area contributed by atoms with E-state index in [0.717, 1.165) is 27.8 Å². The van der Waals surface area contributed by atoms with Gasteiger partial charge in [0.05, 0.1) is 38.4 Å². The lowest BCUT2D eigenvalue weighted by molar-refractivity contribution is 0.0688. The first-order valence-corrected chi connectivity index (χ1v) is 25.3. The van der Waals surface area contributed by atoms with Crippen LogP contribution in [0, 0.1) is 27.7 Å². The van der Waals surface area contributed by atoms with Crippen molar-refractivity contribution in [2.24, 2.45) is 0 Å². The van der Waals surface area contributed by atoms with Crippen molar-refractivity contribution < 1.29 is 326 Å². The SMILES string of the molecule is C.C.COC(=O)N1CC(c2nc(-c3ccc(C)c(N)c3)no2)C1.COC(=O)N1CC(c2nc(-c3ccc(C)c(NC(=O)c4cnc5ccc(C)cn45)c3)no2)C1.Cc1ccc2ncc(C(=O)O)n2c1.FF.FF.FF.FF.FF.FF.FF.FF.FF.FF.FF.FF.FF.FF.FF.FF.FF.FF.FF.FF.FF.FF.FF.FF.FF.FF.FF.FF.FF.FF.FF. The number of carboxylic acid groups (broad SMARTS) is 1. The fourth-order valence-electron chi connectivity index (χ4n) is 7.22. The summed E-state index contributed by atoms with van der Waals surface area (Å²) in [5.74, 6) is 0.747. The zero-order chi connectivity index (χ0) is 110. The number of fused-ring (bicyclic) bond motifs is 2. The van der Waals surface area contributed by atoms with Crippen LogP contribution in [-0.4, -0.2) is 118 Å². The minimum Gasteiger partial charge on any atom is -0.477 e. The van der Waals surface area contributed by atoms with Gasteiger partial charge in [-0.3, -0.25) is 13.6 Å². The number of aryl methyl sites for hydroxylation is 4. The number of anilines is 2. The van der Waals surface area contributed by atoms with Gasteiger partial charge in [-0.15, -0.1) is 0 Å². The second kappa shape index (κ2) is 178. The molecule has 0 bridgehead atoms. The van der Waals surface area contributed by atoms with Crippen molar-refractivity contribution in [1.29, 1.82) is 0 Å². The molecule has 0 radical (unpaired) electrons. The first-order chi connectivity index (χ1) is 63.2. The highest BCUT2D eigenvalue weighted by Crippen LogP contribution is 2.31. The van der Waals surface area contributed by atoms with Crippen molar-refractivity contribution in [2.45, 2.75) is 54.4 Å². The number of methoxy groups -OCH3 is 2. The fourth-order valence-corrected chi connectivity index (χ4v) is 7.22. The van der Waals surface area contributed by atoms with Crippen LogP contribution in [0.25, 0.3) is 34.1 Å². The zero-order valence-corrected chi connectivity index (χ0v) is 60.8. The summed E-state index contributed by atoms with van der Waals surface area (Å²) in [5.41, 5.74) is 14.7. The van der Waals surface area contributed by atoms with Gasteiger partial charge in [-0.05, 0) is 74.2 Å². The summed E-state index contributed by atoms with van der Waals surface area (Å²) in [6, 6.07) is 18.7. The highest BCUT2D eigenvalue weighted by molar-refractivity contribution is 6.04. The summed E-state index contributed by atoms with van der Waals surface area (Å²) in [6.07, 6.45) is 5.85. The lowest BCUT2D eigenvalue weighted by Gasteiger charge is -2.35. The van der Waals surface area contributed by atoms with Gasteiger partial charge in [-0.25, -0.2) is 24.4 Å². The Bertz CT molecular complexity index is 3270. The number of pyridine rings is 2. The van der Waals surface area contributed by atoms with E-state index in [0.29, 0.717) is 83.5 Å². The Morgan fingerprint density at radius 1 is 0.366 bits per heavy atom. The molecule has 10 rings (SSSR count). The molecule has 2 aliphatic rings. The lowest BCUT2D eigenvalue weighted by atomic mass is 10.0. The maximum Gasteiger partial charge on any atom is 0.409 e. The number of nitrogen functional groups attached to an aromatic ring is 1. The molecule has 3 amide bonds. The van der Waals surface area contributed by atoms with Crippen LogP contribution in [0.1, 0.15) is 81.7 Å². The van der Waals surface area contributed by atoms with Crippen LogP contribution in [0.5, 0.6) is 0 Å². The number of nitrogens with two attached hydrogens (primary N) is 1. The predicted octanol–water partition coefficient (Wildman–Crippen LogP) is 33.9. The number of ether oxygens (including phenoxy) is 2. The monoisotopic (exact) mass is 2120 g/mol. The van der Waals surface area contributed by atoms with Gasteiger partial charge in [0.1, 0.15) is 17.0 Å². The maximum absolute atomic E-state index is 13.0. The summed E-state index contributed by atoms with van der Waals surface area (Å²) >= 11 is 0. The molecule has 2 fully saturated rings. The van der Waals surface area contributed by atoms with Crippen molar-refractivity contribution >= 4 is 46.7 Å². The third-order valence-electron chi connectivity index (χ3n) is 11.3. The van der Waals surface area contributed by atoms with E-state index in [4.69, 9.17) is 308 Å². The summed E-state index contributed by atoms with van der Waals surface area (Å²) in [4.78, 5) is 66.8. The number of aromatic carboxylic acids is 1. The van der Waals surface area contributed by atoms with Crippen molar-refractivity contribution in [3.63, 3.8) is 0 Å². The molecule has 0 unspecified atom stereocenters. The molecule has 6 aromatic heterocycles. The standard InChI is InChI=1S/C23H22N6O4.C14H16N4O3.C9H8N2O2.2CH4.31F2/c1-13-4-7-19-24-9-18(29(19)10-13)21(30)25-17-8-15(6-5-14(17)2)20-26-22(33-27-20)16-11-28(12-16)23(31)32-3;1-8-3-4-9(5-11(8)15)12-16-13(21-17-12)10-6-18(7-10)14(19)20-2;1-6-2-3-8-10-4-7(9(12)13)11(8)5-6;;;31*1-2/h4-10,16H,11-12H2,1-3H3,(H,25,30);3-5,10H,6-7,15H2,1-2H3;2-5H,1H3,(H,12,13);2*1H4;;;;;;;;;;;;;;;;;;;;;;;;;;;;;;;. The largest absolute Gasteiger partial charge is 0.477 e. The zero-order valence-electron chi connectivity index (χ0n) is 60.8. The molecule has 4 N–H and O–H groups in total. The normalized spacial score (nSPS) is 8.31. The smallest absolute Gasteiger partial charge is 0.409 e. The van der Waals surface area contributed by atoms with E-state index in [2.05, 4.69) is 40.3 Å². The quantitative estimate of drug-likeness (QED) is 0.0989. The predicted molar refractivity (Wildman–Crippen MR) is 324 cm³/mol. The van der Waals surface area contributed by atoms with Crippen LogP contribution >= 0.6 is 0 Å². The summed E-state index contributed by atoms with van der Waals surface area (Å²) in [5, 5.41) is 19.8. The number of likely N-dealkylation sites (tertiary alicyclic amines) is 2. The van der Waals surface area contributed by atoms with Gasteiger partial charge in [-0.2, -0.15) is 9.97 Å². The van der Waals surface area contributed by atoms with E-state index in [9.17, 15) is 19.2 Å². The van der Waals surface area contributed by atoms with Crippen LogP contribution in [0.15, 0.2) is 94.5 Å². The topological polar surface area (TPSA) is 264 Å². The number of imidazole rings is 2. The molecular weight excluding hydrogens is 2070 g/mol. The molecule has 131 heavy (non-hydrogen) atoms. The molecule has 0 atom stereocenters. The molecule has 0 aliphatic carbocycles. The van der Waals surface area contributed by atoms with Gasteiger partial charge in [0.15, 0.2) is 5.69 Å². The number of amides is 3. The van der Waals surface area contributed by atoms with E-state index in [-0.39, 0.29) is 50.5 Å². The molecule has 0 saturated carbocycles. The third-order valence-corrected chi connectivity index (χ3v) is 11.3. The molecule has 2 aliphatic heterocycles. The van der Waals surface area contributed by atoms with E-state index in [1.165, 1.54) is 20.4 Å². The van der Waals surface area contributed by atoms with E-state index in [1.807, 2.05) is 88.5 Å². The molecule has 2 saturated heterocycles. The Labute approximate surface area is 682 Å². The van der Waals surface area contributed by atoms with Crippen LogP contribution in [-0.2, 0) is 9.47 Å². The number of carbonyl (C=O) groups is 4. The second-order valence-corrected chi connectivity index (χ2v) is 16.1. The highest BCUT2D eigenvalue weighted by Gasteiger charge is 2.37. The number of aromatic nitrogens is 8. The summed E-state index contributed by atoms with van der Waals surface area (Å²) in [6.45, 7) is 9.74. The third kappa shape index (κ3) is 90.2. The Hall–Kier alpha value is -13.0. The number of hydrogen-bond donors (Lipinski definition) is 3. The van der Waals surface area contributed by atoms with Gasteiger partial charge >= 0.3 is 18.2 Å². The average molecular weight is 2120 g/mol. The average Bonchev–Trinajstić information content (AvgIpc) is 1.69. The van der Waals surface area contributed by atoms with Crippen LogP contribution < -0.4 is 11.1 Å². The number of benzene rings is 2. The van der Waals surface area contributed by atoms with E-state index < -0.39 is 5.97 Å². The molecule has 794 valence electrons. The van der Waals surface area contributed by atoms with Gasteiger partial charge in [-0.1, -0.05) is 61.6 Å². The van der Waals surface area contributed by atoms with Crippen molar-refractivity contribution in [3.8, 4) is 22.8 Å². The highest BCUT2D eigenvalue weighted by atomic mass is 20.1. The molecule has 8 aromatic rings. The van der Waals surface area contributed by atoms with Gasteiger partial charge in [0.2, 0.25) is 23.4 Å². The van der Waals surface area contributed by atoms with Crippen LogP contribution in [0.2, 0.25) is 0 Å². The van der Waals surface area contributed by atoms with E-state index in [1.54, 1.807) is 37.1 Å². The Balaban J connectivity index is -0.0000000414. The number of carbonyl (C=O) groups excluding carboxylic acids is 3. The molecule has 83 heteroatoms. The molecular formula is C48H54F62N12O9. The number of halogens is 62. The van der Waals surface area contributed by atoms with Gasteiger partial charge in [0.25, 0.3) is 5.91 Å². The summed E-state index contributed by atoms with van der Waals surface area (Å²) in [7, 11) is 2.72. The molecule has 2 aromatic carbocycles. The van der Waals surface area contributed by atoms with Gasteiger partial charge < -0.3 is 44.5 Å². The van der Waals surface area contributed by atoms with Crippen molar-refractivity contribution in [3.05, 3.63) is 131 Å². The molecule has 8 heterocycles. The first-order valence-electron chi connectivity index (χ1n) is 25.3. The van der Waals surface area contributed by atoms with Crippen LogP contribution in [0.3, 0.4) is 0 Å². The molecule has 0 spiro atoms. The lowest BCUT2D eigenvalue weighted by Crippen LogP contribution is -2.48. The number of nitrogens with one attached hydrogen (secondary N) is 1. The summed E-state index contributed by atoms with van der Waals surface area (Å²) < 4.78 is 519. The fraction of sp³-hybridized carbons (Fsp3) is 0.292. The number of rotatable bonds is 7. The minimum absolute atomic E-state index is 0. The number of nitrogens with zero attached hydrogens (tertiary/aromatic N) is 10. The Morgan fingerprint density at radius 3 is 0.863 bits per heavy atom. The van der Waals surface area contributed by atoms with Crippen LogP contribution in [0.4, 0.5) is 305 Å². The number of hydrogen-bond acceptors (Lipinski definition) is 15. The maximum atomic E-state index is 13.0. The minimum atomic E-state index is -0.960. The van der Waals surface area contributed by atoms with Crippen molar-refractivity contribution in [1.82, 2.24) is 48.9 Å².